The average molecular weight is 370 g/mol. The van der Waals surface area contributed by atoms with Crippen molar-refractivity contribution in [3.63, 3.8) is 0 Å². The van der Waals surface area contributed by atoms with Gasteiger partial charge in [-0.2, -0.15) is 0 Å². The Bertz CT molecular complexity index is 717. The first-order valence-corrected chi connectivity index (χ1v) is 10.6. The second-order valence-electron chi connectivity index (χ2n) is 5.72. The molecule has 0 aliphatic carbocycles. The highest BCUT2D eigenvalue weighted by atomic mass is 32.2. The first-order chi connectivity index (χ1) is 11.3. The van der Waals surface area contributed by atoms with Crippen LogP contribution in [0.5, 0.6) is 0 Å². The Balaban J connectivity index is 2.05. The van der Waals surface area contributed by atoms with E-state index >= 15 is 0 Å². The van der Waals surface area contributed by atoms with Crippen LogP contribution in [0, 0.1) is 0 Å². The van der Waals surface area contributed by atoms with E-state index in [-0.39, 0.29) is 34.8 Å². The molecule has 132 valence electrons. The van der Waals surface area contributed by atoms with E-state index in [4.69, 9.17) is 0 Å². The molecule has 0 saturated carbocycles. The Labute approximate surface area is 146 Å². The standard InChI is InChI=1S/C16H21NO5S2/c1-2-8-17(12-7-9-24(21,22)11-12)15(18)10-23-14-6-4-3-5-13(14)16(19)20/h3-6,12H,2,7-11H2,1H3,(H,19,20)/p-1/t12-/m0/s1. The van der Waals surface area contributed by atoms with Crippen LogP contribution in [0.2, 0.25) is 0 Å². The number of sulfone groups is 1. The van der Waals surface area contributed by atoms with E-state index in [0.717, 1.165) is 18.2 Å². The molecule has 0 aromatic heterocycles. The van der Waals surface area contributed by atoms with Crippen molar-refractivity contribution in [1.29, 1.82) is 0 Å². The summed E-state index contributed by atoms with van der Waals surface area (Å²) in [6, 6.07) is 6.10. The number of rotatable bonds is 7. The largest absolute Gasteiger partial charge is 0.545 e. The van der Waals surface area contributed by atoms with Gasteiger partial charge in [0, 0.05) is 23.0 Å². The zero-order valence-electron chi connectivity index (χ0n) is 13.4. The number of thioether (sulfide) groups is 1. The third-order valence-corrected chi connectivity index (χ3v) is 6.70. The van der Waals surface area contributed by atoms with Crippen LogP contribution in [0.4, 0.5) is 0 Å². The van der Waals surface area contributed by atoms with Crippen molar-refractivity contribution in [2.75, 3.05) is 23.8 Å². The number of carbonyl (C=O) groups excluding carboxylic acids is 2. The molecule has 0 bridgehead atoms. The summed E-state index contributed by atoms with van der Waals surface area (Å²) in [5.74, 6) is -1.25. The number of nitrogens with zero attached hydrogens (tertiary/aromatic N) is 1. The fourth-order valence-electron chi connectivity index (χ4n) is 2.76. The molecule has 1 aromatic carbocycles. The molecule has 1 aliphatic heterocycles. The summed E-state index contributed by atoms with van der Waals surface area (Å²) < 4.78 is 23.3. The van der Waals surface area contributed by atoms with Crippen LogP contribution in [0.15, 0.2) is 29.2 Å². The van der Waals surface area contributed by atoms with Gasteiger partial charge in [0.2, 0.25) is 5.91 Å². The lowest BCUT2D eigenvalue weighted by Gasteiger charge is -2.28. The maximum absolute atomic E-state index is 12.5. The van der Waals surface area contributed by atoms with Gasteiger partial charge in [0.15, 0.2) is 9.84 Å². The van der Waals surface area contributed by atoms with Gasteiger partial charge >= 0.3 is 0 Å². The Morgan fingerprint density at radius 3 is 2.62 bits per heavy atom. The van der Waals surface area contributed by atoms with Gasteiger partial charge in [-0.05, 0) is 18.9 Å². The van der Waals surface area contributed by atoms with Gasteiger partial charge in [0.1, 0.15) is 0 Å². The molecular weight excluding hydrogens is 350 g/mol. The molecule has 1 heterocycles. The Hall–Kier alpha value is -1.54. The molecule has 1 amide bonds. The number of carbonyl (C=O) groups is 2. The Morgan fingerprint density at radius 1 is 1.33 bits per heavy atom. The molecule has 6 nitrogen and oxygen atoms in total. The lowest BCUT2D eigenvalue weighted by atomic mass is 10.2. The molecule has 1 atom stereocenters. The average Bonchev–Trinajstić information content (AvgIpc) is 2.90. The number of benzene rings is 1. The summed E-state index contributed by atoms with van der Waals surface area (Å²) in [4.78, 5) is 25.7. The van der Waals surface area contributed by atoms with Gasteiger partial charge in [-0.25, -0.2) is 8.42 Å². The predicted octanol–water partition coefficient (Wildman–Crippen LogP) is 0.568. The normalized spacial score (nSPS) is 19.1. The first kappa shape index (κ1) is 18.8. The fourth-order valence-corrected chi connectivity index (χ4v) is 5.41. The minimum absolute atomic E-state index is 0.0129. The first-order valence-electron chi connectivity index (χ1n) is 7.77. The van der Waals surface area contributed by atoms with Crippen molar-refractivity contribution < 1.29 is 23.1 Å². The zero-order valence-corrected chi connectivity index (χ0v) is 15.1. The van der Waals surface area contributed by atoms with Crippen LogP contribution in [0.25, 0.3) is 0 Å². The maximum atomic E-state index is 12.5. The molecule has 2 rings (SSSR count). The topological polar surface area (TPSA) is 94.6 Å². The smallest absolute Gasteiger partial charge is 0.233 e. The zero-order chi connectivity index (χ0) is 17.7. The highest BCUT2D eigenvalue weighted by Gasteiger charge is 2.34. The second-order valence-corrected chi connectivity index (χ2v) is 8.96. The van der Waals surface area contributed by atoms with E-state index in [1.807, 2.05) is 6.92 Å². The van der Waals surface area contributed by atoms with E-state index in [1.165, 1.54) is 6.07 Å². The Kier molecular flexibility index (Phi) is 6.28. The lowest BCUT2D eigenvalue weighted by Crippen LogP contribution is -2.42. The minimum Gasteiger partial charge on any atom is -0.545 e. The minimum atomic E-state index is -3.06. The molecular formula is C16H20NO5S2-. The van der Waals surface area contributed by atoms with Crippen LogP contribution in [-0.4, -0.2) is 55.0 Å². The van der Waals surface area contributed by atoms with Crippen molar-refractivity contribution in [2.24, 2.45) is 0 Å². The molecule has 0 spiro atoms. The van der Waals surface area contributed by atoms with E-state index in [1.54, 1.807) is 23.1 Å². The number of carboxylic acids is 1. The van der Waals surface area contributed by atoms with E-state index < -0.39 is 15.8 Å². The number of amides is 1. The SMILES string of the molecule is CCCN(C(=O)CSc1ccccc1C(=O)[O-])[C@H]1CCS(=O)(=O)C1. The highest BCUT2D eigenvalue weighted by molar-refractivity contribution is 8.00. The van der Waals surface area contributed by atoms with Crippen LogP contribution >= 0.6 is 11.8 Å². The molecule has 0 N–H and O–H groups in total. The molecule has 1 saturated heterocycles. The van der Waals surface area contributed by atoms with Crippen LogP contribution < -0.4 is 5.11 Å². The number of hydrogen-bond acceptors (Lipinski definition) is 6. The maximum Gasteiger partial charge on any atom is 0.233 e. The monoisotopic (exact) mass is 370 g/mol. The molecule has 1 aliphatic rings. The van der Waals surface area contributed by atoms with E-state index in [9.17, 15) is 23.1 Å². The van der Waals surface area contributed by atoms with Gasteiger partial charge in [-0.1, -0.05) is 25.1 Å². The highest BCUT2D eigenvalue weighted by Crippen LogP contribution is 2.24. The quantitative estimate of drug-likeness (QED) is 0.651. The van der Waals surface area contributed by atoms with Gasteiger partial charge in [0.05, 0.1) is 23.2 Å². The number of hydrogen-bond donors (Lipinski definition) is 0. The van der Waals surface area contributed by atoms with Crippen LogP contribution in [-0.2, 0) is 14.6 Å². The van der Waals surface area contributed by atoms with Crippen LogP contribution in [0.1, 0.15) is 30.1 Å². The molecule has 1 fully saturated rings. The van der Waals surface area contributed by atoms with Gasteiger partial charge in [-0.3, -0.25) is 4.79 Å². The van der Waals surface area contributed by atoms with E-state index in [2.05, 4.69) is 0 Å². The van der Waals surface area contributed by atoms with Gasteiger partial charge in [-0.15, -0.1) is 11.8 Å². The number of aromatic carboxylic acids is 1. The molecule has 24 heavy (non-hydrogen) atoms. The predicted molar refractivity (Wildman–Crippen MR) is 90.6 cm³/mol. The summed E-state index contributed by atoms with van der Waals surface area (Å²) in [5.41, 5.74) is 0.0563. The van der Waals surface area contributed by atoms with Crippen molar-refractivity contribution in [3.05, 3.63) is 29.8 Å². The summed E-state index contributed by atoms with van der Waals surface area (Å²) in [6.45, 7) is 2.43. The van der Waals surface area contributed by atoms with Gasteiger partial charge in [0.25, 0.3) is 0 Å². The molecule has 0 unspecified atom stereocenters. The third-order valence-electron chi connectivity index (χ3n) is 3.89. The molecule has 8 heteroatoms. The summed E-state index contributed by atoms with van der Waals surface area (Å²) in [7, 11) is -3.06. The van der Waals surface area contributed by atoms with Crippen LogP contribution in [0.3, 0.4) is 0 Å². The van der Waals surface area contributed by atoms with Crippen molar-refractivity contribution in [3.8, 4) is 0 Å². The number of carboxylic acid groups (broad SMARTS) is 1. The lowest BCUT2D eigenvalue weighted by molar-refractivity contribution is -0.255. The fraction of sp³-hybridized carbons (Fsp3) is 0.500. The van der Waals surface area contributed by atoms with Crippen molar-refractivity contribution >= 4 is 33.5 Å². The van der Waals surface area contributed by atoms with E-state index in [0.29, 0.717) is 17.9 Å². The van der Waals surface area contributed by atoms with Crippen molar-refractivity contribution in [1.82, 2.24) is 4.90 Å². The summed E-state index contributed by atoms with van der Waals surface area (Å²) in [5, 5.41) is 11.1. The molecule has 0 radical (unpaired) electrons. The summed E-state index contributed by atoms with van der Waals surface area (Å²) >= 11 is 1.13. The molecule has 1 aromatic rings. The Morgan fingerprint density at radius 2 is 2.04 bits per heavy atom. The second kappa shape index (κ2) is 8.02. The van der Waals surface area contributed by atoms with Gasteiger partial charge < -0.3 is 14.8 Å². The van der Waals surface area contributed by atoms with Crippen molar-refractivity contribution in [2.45, 2.75) is 30.7 Å². The third kappa shape index (κ3) is 4.73. The summed E-state index contributed by atoms with van der Waals surface area (Å²) in [6.07, 6.45) is 1.21.